The maximum atomic E-state index is 6.51. The molecule has 34 heavy (non-hydrogen) atoms. The summed E-state index contributed by atoms with van der Waals surface area (Å²) in [4.78, 5) is 14.3. The highest BCUT2D eigenvalue weighted by molar-refractivity contribution is 5.85. The molecule has 0 aliphatic carbocycles. The molecular formula is C27H35N5O2. The van der Waals surface area contributed by atoms with Crippen LogP contribution < -0.4 is 15.0 Å². The van der Waals surface area contributed by atoms with Crippen molar-refractivity contribution >= 4 is 28.2 Å². The largest absolute Gasteiger partial charge is 0.488 e. The van der Waals surface area contributed by atoms with Gasteiger partial charge in [0.1, 0.15) is 17.4 Å². The average molecular weight is 462 g/mol. The number of ether oxygens (including phenoxy) is 2. The monoisotopic (exact) mass is 461 g/mol. The Kier molecular flexibility index (Phi) is 6.83. The molecular weight excluding hydrogens is 426 g/mol. The van der Waals surface area contributed by atoms with Gasteiger partial charge in [0, 0.05) is 55.2 Å². The second-order valence-electron chi connectivity index (χ2n) is 9.61. The normalized spacial score (nSPS) is 17.9. The zero-order valence-electron chi connectivity index (χ0n) is 20.5. The predicted molar refractivity (Wildman–Crippen MR) is 137 cm³/mol. The van der Waals surface area contributed by atoms with Crippen LogP contribution in [0.15, 0.2) is 42.6 Å². The molecule has 0 bridgehead atoms. The zero-order valence-corrected chi connectivity index (χ0v) is 20.5. The molecule has 0 amide bonds. The fourth-order valence-corrected chi connectivity index (χ4v) is 4.80. The van der Waals surface area contributed by atoms with E-state index in [9.17, 15) is 0 Å². The third kappa shape index (κ3) is 5.26. The molecule has 180 valence electrons. The van der Waals surface area contributed by atoms with Gasteiger partial charge >= 0.3 is 0 Å². The average Bonchev–Trinajstić information content (AvgIpc) is 2.86. The van der Waals surface area contributed by atoms with Crippen molar-refractivity contribution < 1.29 is 9.47 Å². The Balaban J connectivity index is 1.32. The first kappa shape index (κ1) is 22.9. The zero-order chi connectivity index (χ0) is 23.5. The number of anilines is 3. The summed E-state index contributed by atoms with van der Waals surface area (Å²) in [5.41, 5.74) is 4.19. The van der Waals surface area contributed by atoms with Crippen LogP contribution in [0.4, 0.5) is 17.3 Å². The van der Waals surface area contributed by atoms with E-state index in [1.54, 1.807) is 0 Å². The Morgan fingerprint density at radius 2 is 1.76 bits per heavy atom. The summed E-state index contributed by atoms with van der Waals surface area (Å²) in [6, 6.07) is 13.2. The summed E-state index contributed by atoms with van der Waals surface area (Å²) in [6.45, 7) is 12.2. The number of likely N-dealkylation sites (tertiary alicyclic amines) is 1. The summed E-state index contributed by atoms with van der Waals surface area (Å²) in [5.74, 6) is 1.43. The van der Waals surface area contributed by atoms with E-state index in [1.165, 1.54) is 5.69 Å². The maximum absolute atomic E-state index is 6.51. The van der Waals surface area contributed by atoms with E-state index in [4.69, 9.17) is 14.5 Å². The second-order valence-corrected chi connectivity index (χ2v) is 9.61. The fourth-order valence-electron chi connectivity index (χ4n) is 4.80. The van der Waals surface area contributed by atoms with Crippen LogP contribution in [-0.2, 0) is 4.74 Å². The molecule has 5 rings (SSSR count). The molecule has 0 unspecified atom stereocenters. The van der Waals surface area contributed by atoms with Crippen molar-refractivity contribution in [2.24, 2.45) is 0 Å². The van der Waals surface area contributed by atoms with Gasteiger partial charge < -0.3 is 24.6 Å². The number of aryl methyl sites for hydroxylation is 1. The van der Waals surface area contributed by atoms with Crippen LogP contribution in [0.2, 0.25) is 0 Å². The molecule has 3 heterocycles. The first-order valence-electron chi connectivity index (χ1n) is 12.4. The summed E-state index contributed by atoms with van der Waals surface area (Å²) in [7, 11) is 0. The molecule has 0 saturated carbocycles. The lowest BCUT2D eigenvalue weighted by molar-refractivity contribution is 0.0851. The van der Waals surface area contributed by atoms with Gasteiger partial charge in [-0.3, -0.25) is 0 Å². The van der Waals surface area contributed by atoms with Crippen LogP contribution in [0.3, 0.4) is 0 Å². The Morgan fingerprint density at radius 1 is 1.03 bits per heavy atom. The van der Waals surface area contributed by atoms with E-state index in [0.717, 1.165) is 80.1 Å². The highest BCUT2D eigenvalue weighted by atomic mass is 16.5. The first-order valence-corrected chi connectivity index (χ1v) is 12.4. The van der Waals surface area contributed by atoms with Crippen molar-refractivity contribution in [3.63, 3.8) is 0 Å². The SMILES string of the molecule is Cc1cc(OC2CCN(C(C)C)CC2)c2nc(Nc3ccc(N4CCOCC4)cc3)ncc2c1. The third-order valence-corrected chi connectivity index (χ3v) is 6.79. The Labute approximate surface area is 202 Å². The number of benzene rings is 2. The minimum absolute atomic E-state index is 0.221. The van der Waals surface area contributed by atoms with E-state index in [1.807, 2.05) is 6.20 Å². The summed E-state index contributed by atoms with van der Waals surface area (Å²) < 4.78 is 12.0. The van der Waals surface area contributed by atoms with Crippen LogP contribution in [0, 0.1) is 6.92 Å². The maximum Gasteiger partial charge on any atom is 0.227 e. The summed E-state index contributed by atoms with van der Waals surface area (Å²) >= 11 is 0. The number of nitrogens with one attached hydrogen (secondary N) is 1. The van der Waals surface area contributed by atoms with Crippen molar-refractivity contribution in [2.45, 2.75) is 45.8 Å². The number of morpholine rings is 1. The molecule has 1 N–H and O–H groups in total. The summed E-state index contributed by atoms with van der Waals surface area (Å²) in [5, 5.41) is 4.36. The Bertz CT molecular complexity index is 1100. The van der Waals surface area contributed by atoms with Crippen molar-refractivity contribution in [2.75, 3.05) is 49.6 Å². The minimum atomic E-state index is 0.221. The standard InChI is InChI=1S/C27H35N5O2/c1-19(2)31-10-8-24(9-11-31)34-25-17-20(3)16-21-18-28-27(30-26(21)25)29-22-4-6-23(7-5-22)32-12-14-33-15-13-32/h4-7,16-19,24H,8-15H2,1-3H3,(H,28,29,30). The molecule has 2 aliphatic rings. The first-order chi connectivity index (χ1) is 16.5. The molecule has 7 nitrogen and oxygen atoms in total. The molecule has 2 saturated heterocycles. The van der Waals surface area contributed by atoms with Crippen molar-refractivity contribution in [1.29, 1.82) is 0 Å². The number of hydrogen-bond acceptors (Lipinski definition) is 7. The molecule has 0 spiro atoms. The van der Waals surface area contributed by atoms with Crippen LogP contribution in [0.25, 0.3) is 10.9 Å². The van der Waals surface area contributed by atoms with E-state index < -0.39 is 0 Å². The van der Waals surface area contributed by atoms with Crippen LogP contribution in [0.1, 0.15) is 32.3 Å². The van der Waals surface area contributed by atoms with Crippen LogP contribution >= 0.6 is 0 Å². The molecule has 2 aromatic carbocycles. The number of nitrogens with zero attached hydrogens (tertiary/aromatic N) is 4. The molecule has 0 atom stereocenters. The Hall–Kier alpha value is -2.90. The van der Waals surface area contributed by atoms with Gasteiger partial charge in [-0.2, -0.15) is 0 Å². The second kappa shape index (κ2) is 10.2. The van der Waals surface area contributed by atoms with Gasteiger partial charge in [-0.15, -0.1) is 0 Å². The number of piperidine rings is 1. The van der Waals surface area contributed by atoms with E-state index in [0.29, 0.717) is 12.0 Å². The van der Waals surface area contributed by atoms with E-state index in [-0.39, 0.29) is 6.10 Å². The van der Waals surface area contributed by atoms with Gasteiger partial charge in [-0.1, -0.05) is 0 Å². The highest BCUT2D eigenvalue weighted by Crippen LogP contribution is 2.30. The summed E-state index contributed by atoms with van der Waals surface area (Å²) in [6.07, 6.45) is 4.19. The van der Waals surface area contributed by atoms with Crippen LogP contribution in [-0.4, -0.2) is 66.4 Å². The lowest BCUT2D eigenvalue weighted by Gasteiger charge is -2.34. The lowest BCUT2D eigenvalue weighted by atomic mass is 10.1. The number of aromatic nitrogens is 2. The molecule has 3 aromatic rings. The van der Waals surface area contributed by atoms with Gasteiger partial charge in [0.05, 0.1) is 13.2 Å². The van der Waals surface area contributed by atoms with E-state index in [2.05, 4.69) is 77.3 Å². The molecule has 0 radical (unpaired) electrons. The van der Waals surface area contributed by atoms with Gasteiger partial charge in [0.25, 0.3) is 0 Å². The molecule has 7 heteroatoms. The van der Waals surface area contributed by atoms with Crippen molar-refractivity contribution in [3.8, 4) is 5.75 Å². The van der Waals surface area contributed by atoms with Gasteiger partial charge in [0.2, 0.25) is 5.95 Å². The van der Waals surface area contributed by atoms with Crippen LogP contribution in [0.5, 0.6) is 5.75 Å². The fraction of sp³-hybridized carbons (Fsp3) is 0.481. The van der Waals surface area contributed by atoms with E-state index >= 15 is 0 Å². The van der Waals surface area contributed by atoms with Crippen molar-refractivity contribution in [3.05, 3.63) is 48.2 Å². The minimum Gasteiger partial charge on any atom is -0.488 e. The predicted octanol–water partition coefficient (Wildman–Crippen LogP) is 4.77. The number of hydrogen-bond donors (Lipinski definition) is 1. The molecule has 2 aliphatic heterocycles. The molecule has 1 aromatic heterocycles. The lowest BCUT2D eigenvalue weighted by Crippen LogP contribution is -2.41. The van der Waals surface area contributed by atoms with Crippen molar-refractivity contribution in [1.82, 2.24) is 14.9 Å². The topological polar surface area (TPSA) is 62.8 Å². The highest BCUT2D eigenvalue weighted by Gasteiger charge is 2.23. The van der Waals surface area contributed by atoms with Gasteiger partial charge in [0.15, 0.2) is 0 Å². The Morgan fingerprint density at radius 3 is 2.47 bits per heavy atom. The number of rotatable bonds is 6. The third-order valence-electron chi connectivity index (χ3n) is 6.79. The van der Waals surface area contributed by atoms with Gasteiger partial charge in [-0.25, -0.2) is 9.97 Å². The molecule has 2 fully saturated rings. The number of fused-ring (bicyclic) bond motifs is 1. The van der Waals surface area contributed by atoms with Gasteiger partial charge in [-0.05, 0) is 75.6 Å². The smallest absolute Gasteiger partial charge is 0.227 e. The quantitative estimate of drug-likeness (QED) is 0.567.